The van der Waals surface area contributed by atoms with E-state index in [2.05, 4.69) is 12.2 Å². The molecule has 120 valence electrons. The van der Waals surface area contributed by atoms with E-state index in [4.69, 9.17) is 11.6 Å². The number of unbranched alkanes of at least 4 members (excludes halogenated alkanes) is 9. The van der Waals surface area contributed by atoms with Crippen molar-refractivity contribution in [2.45, 2.75) is 108 Å². The highest BCUT2D eigenvalue weighted by Crippen LogP contribution is 2.23. The molecule has 2 atom stereocenters. The lowest BCUT2D eigenvalue weighted by Gasteiger charge is -2.28. The first-order chi connectivity index (χ1) is 9.84. The van der Waals surface area contributed by atoms with Crippen molar-refractivity contribution in [2.24, 2.45) is 0 Å². The van der Waals surface area contributed by atoms with Gasteiger partial charge < -0.3 is 5.32 Å². The molecule has 1 N–H and O–H groups in total. The second kappa shape index (κ2) is 13.0. The van der Waals surface area contributed by atoms with Crippen LogP contribution in [-0.4, -0.2) is 18.0 Å². The standard InChI is InChI=1S/C18H36ClN/c1-2-3-4-5-6-7-8-9-10-13-16-20-18-15-12-11-14-17(18)19/h17-18,20H,2-16H2,1H3. The Morgan fingerprint density at radius 1 is 0.800 bits per heavy atom. The summed E-state index contributed by atoms with van der Waals surface area (Å²) in [7, 11) is 0. The minimum Gasteiger partial charge on any atom is -0.313 e. The quantitative estimate of drug-likeness (QED) is 0.342. The Bertz CT molecular complexity index is 208. The van der Waals surface area contributed by atoms with Crippen LogP contribution in [0.15, 0.2) is 0 Å². The van der Waals surface area contributed by atoms with Crippen LogP contribution < -0.4 is 5.32 Å². The molecule has 1 aliphatic rings. The Kier molecular flexibility index (Phi) is 11.8. The molecule has 0 bridgehead atoms. The summed E-state index contributed by atoms with van der Waals surface area (Å²) in [5.41, 5.74) is 0. The Balaban J connectivity index is 1.78. The molecule has 1 nitrogen and oxygen atoms in total. The van der Waals surface area contributed by atoms with Crippen molar-refractivity contribution in [1.29, 1.82) is 0 Å². The molecule has 0 radical (unpaired) electrons. The molecule has 0 aromatic rings. The summed E-state index contributed by atoms with van der Waals surface area (Å²) < 4.78 is 0. The van der Waals surface area contributed by atoms with Crippen LogP contribution in [0.5, 0.6) is 0 Å². The topological polar surface area (TPSA) is 12.0 Å². The fourth-order valence-corrected chi connectivity index (χ4v) is 3.58. The SMILES string of the molecule is CCCCCCCCCCCCNC1CCCCC1Cl. The van der Waals surface area contributed by atoms with E-state index in [9.17, 15) is 0 Å². The maximum atomic E-state index is 6.35. The summed E-state index contributed by atoms with van der Waals surface area (Å²) in [4.78, 5) is 0. The van der Waals surface area contributed by atoms with Crippen molar-refractivity contribution >= 4 is 11.6 Å². The Morgan fingerprint density at radius 2 is 1.35 bits per heavy atom. The van der Waals surface area contributed by atoms with E-state index in [0.717, 1.165) is 0 Å². The van der Waals surface area contributed by atoms with E-state index in [0.29, 0.717) is 11.4 Å². The predicted octanol–water partition coefficient (Wildman–Crippen LogP) is 6.05. The summed E-state index contributed by atoms with van der Waals surface area (Å²) >= 11 is 6.35. The zero-order valence-corrected chi connectivity index (χ0v) is 14.4. The van der Waals surface area contributed by atoms with Gasteiger partial charge in [-0.1, -0.05) is 77.6 Å². The van der Waals surface area contributed by atoms with Crippen molar-refractivity contribution in [3.63, 3.8) is 0 Å². The van der Waals surface area contributed by atoms with E-state index < -0.39 is 0 Å². The fraction of sp³-hybridized carbons (Fsp3) is 1.00. The van der Waals surface area contributed by atoms with Crippen LogP contribution in [0.4, 0.5) is 0 Å². The number of halogens is 1. The van der Waals surface area contributed by atoms with Gasteiger partial charge in [0.2, 0.25) is 0 Å². The first kappa shape index (κ1) is 18.3. The molecule has 1 rings (SSSR count). The average Bonchev–Trinajstić information content (AvgIpc) is 2.46. The Labute approximate surface area is 132 Å². The monoisotopic (exact) mass is 301 g/mol. The summed E-state index contributed by atoms with van der Waals surface area (Å²) in [5, 5.41) is 4.05. The van der Waals surface area contributed by atoms with Gasteiger partial charge in [-0.2, -0.15) is 0 Å². The fourth-order valence-electron chi connectivity index (χ4n) is 3.22. The average molecular weight is 302 g/mol. The summed E-state index contributed by atoms with van der Waals surface area (Å²) in [6.45, 7) is 3.46. The van der Waals surface area contributed by atoms with Crippen molar-refractivity contribution in [3.8, 4) is 0 Å². The largest absolute Gasteiger partial charge is 0.313 e. The number of hydrogen-bond acceptors (Lipinski definition) is 1. The van der Waals surface area contributed by atoms with Crippen LogP contribution in [0.1, 0.15) is 96.8 Å². The zero-order valence-electron chi connectivity index (χ0n) is 13.6. The molecule has 1 aliphatic carbocycles. The minimum absolute atomic E-state index is 0.381. The van der Waals surface area contributed by atoms with Crippen LogP contribution in [0, 0.1) is 0 Å². The van der Waals surface area contributed by atoms with Crippen molar-refractivity contribution in [3.05, 3.63) is 0 Å². The van der Waals surface area contributed by atoms with Gasteiger partial charge in [-0.25, -0.2) is 0 Å². The van der Waals surface area contributed by atoms with Crippen LogP contribution in [0.3, 0.4) is 0 Å². The molecule has 20 heavy (non-hydrogen) atoms. The molecule has 0 aliphatic heterocycles. The van der Waals surface area contributed by atoms with Crippen LogP contribution in [0.25, 0.3) is 0 Å². The number of rotatable bonds is 12. The highest BCUT2D eigenvalue weighted by Gasteiger charge is 2.21. The minimum atomic E-state index is 0.381. The lowest BCUT2D eigenvalue weighted by molar-refractivity contribution is 0.375. The van der Waals surface area contributed by atoms with Crippen molar-refractivity contribution < 1.29 is 0 Å². The molecule has 0 saturated heterocycles. The molecule has 2 unspecified atom stereocenters. The van der Waals surface area contributed by atoms with Gasteiger partial charge >= 0.3 is 0 Å². The molecule has 0 spiro atoms. The van der Waals surface area contributed by atoms with Gasteiger partial charge in [0.15, 0.2) is 0 Å². The van der Waals surface area contributed by atoms with Gasteiger partial charge in [-0.15, -0.1) is 11.6 Å². The van der Waals surface area contributed by atoms with Crippen molar-refractivity contribution in [2.75, 3.05) is 6.54 Å². The third kappa shape index (κ3) is 9.23. The first-order valence-corrected chi connectivity index (χ1v) is 9.65. The smallest absolute Gasteiger partial charge is 0.0489 e. The molecular formula is C18H36ClN. The van der Waals surface area contributed by atoms with E-state index >= 15 is 0 Å². The third-order valence-corrected chi connectivity index (χ3v) is 5.14. The Hall–Kier alpha value is 0.250. The van der Waals surface area contributed by atoms with E-state index in [1.165, 1.54) is 96.4 Å². The van der Waals surface area contributed by atoms with Gasteiger partial charge in [0.05, 0.1) is 0 Å². The number of alkyl halides is 1. The van der Waals surface area contributed by atoms with Gasteiger partial charge in [-0.05, 0) is 25.8 Å². The highest BCUT2D eigenvalue weighted by atomic mass is 35.5. The molecule has 2 heteroatoms. The second-order valence-electron chi connectivity index (χ2n) is 6.54. The van der Waals surface area contributed by atoms with Gasteiger partial charge in [0.25, 0.3) is 0 Å². The summed E-state index contributed by atoms with van der Waals surface area (Å²) in [6.07, 6.45) is 19.3. The molecule has 1 saturated carbocycles. The predicted molar refractivity (Wildman–Crippen MR) is 91.7 cm³/mol. The molecular weight excluding hydrogens is 266 g/mol. The van der Waals surface area contributed by atoms with Gasteiger partial charge in [-0.3, -0.25) is 0 Å². The Morgan fingerprint density at radius 3 is 1.95 bits per heavy atom. The van der Waals surface area contributed by atoms with Crippen LogP contribution in [0.2, 0.25) is 0 Å². The van der Waals surface area contributed by atoms with Crippen LogP contribution >= 0.6 is 11.6 Å². The molecule has 0 heterocycles. The lowest BCUT2D eigenvalue weighted by Crippen LogP contribution is -2.39. The normalized spacial score (nSPS) is 23.1. The molecule has 1 fully saturated rings. The molecule has 0 aromatic carbocycles. The third-order valence-electron chi connectivity index (χ3n) is 4.62. The van der Waals surface area contributed by atoms with E-state index in [1.54, 1.807) is 0 Å². The van der Waals surface area contributed by atoms with Crippen LogP contribution in [-0.2, 0) is 0 Å². The number of nitrogens with one attached hydrogen (secondary N) is 1. The van der Waals surface area contributed by atoms with E-state index in [1.807, 2.05) is 0 Å². The summed E-state index contributed by atoms with van der Waals surface area (Å²) in [5.74, 6) is 0. The zero-order chi connectivity index (χ0) is 14.5. The molecule has 0 aromatic heterocycles. The highest BCUT2D eigenvalue weighted by molar-refractivity contribution is 6.21. The van der Waals surface area contributed by atoms with Crippen molar-refractivity contribution in [1.82, 2.24) is 5.32 Å². The van der Waals surface area contributed by atoms with E-state index in [-0.39, 0.29) is 0 Å². The first-order valence-electron chi connectivity index (χ1n) is 9.22. The van der Waals surface area contributed by atoms with Gasteiger partial charge in [0.1, 0.15) is 0 Å². The maximum Gasteiger partial charge on any atom is 0.0489 e. The van der Waals surface area contributed by atoms with Gasteiger partial charge in [0, 0.05) is 11.4 Å². The molecule has 0 amide bonds. The lowest BCUT2D eigenvalue weighted by atomic mass is 9.95. The summed E-state index contributed by atoms with van der Waals surface area (Å²) in [6, 6.07) is 0.587. The second-order valence-corrected chi connectivity index (χ2v) is 7.10. The maximum absolute atomic E-state index is 6.35. The number of hydrogen-bond donors (Lipinski definition) is 1.